The lowest BCUT2D eigenvalue weighted by Gasteiger charge is -2.03. The number of fused-ring (bicyclic) bond motifs is 3. The molecule has 0 atom stereocenters. The largest absolute Gasteiger partial charge is 0.455 e. The SMILES string of the molecule is Br.N=C(N)SCc1c(F)ccc2c1oc1c(CSC(=N)N)c(F)ccc12. The maximum atomic E-state index is 14.2. The van der Waals surface area contributed by atoms with Crippen molar-refractivity contribution in [1.82, 2.24) is 0 Å². The van der Waals surface area contributed by atoms with Crippen LogP contribution in [0.25, 0.3) is 21.9 Å². The first kappa shape index (κ1) is 20.5. The maximum absolute atomic E-state index is 14.2. The van der Waals surface area contributed by atoms with Crippen molar-refractivity contribution in [3.05, 3.63) is 47.0 Å². The number of rotatable bonds is 4. The summed E-state index contributed by atoms with van der Waals surface area (Å²) in [4.78, 5) is 0. The lowest BCUT2D eigenvalue weighted by Crippen LogP contribution is -2.04. The minimum absolute atomic E-state index is 0. The predicted molar refractivity (Wildman–Crippen MR) is 110 cm³/mol. The molecule has 0 bridgehead atoms. The summed E-state index contributed by atoms with van der Waals surface area (Å²) < 4.78 is 34.3. The van der Waals surface area contributed by atoms with E-state index < -0.39 is 11.6 Å². The Labute approximate surface area is 166 Å². The fraction of sp³-hybridized carbons (Fsp3) is 0.125. The number of nitrogens with one attached hydrogen (secondary N) is 2. The molecule has 0 spiro atoms. The van der Waals surface area contributed by atoms with Crippen molar-refractivity contribution in [2.24, 2.45) is 11.5 Å². The molecular formula is C16H15BrF2N4OS2. The van der Waals surface area contributed by atoms with Crippen LogP contribution in [0.4, 0.5) is 8.78 Å². The fourth-order valence-electron chi connectivity index (χ4n) is 2.54. The third-order valence-electron chi connectivity index (χ3n) is 3.64. The van der Waals surface area contributed by atoms with Crippen molar-refractivity contribution < 1.29 is 13.2 Å². The Balaban J connectivity index is 0.00000243. The average molecular weight is 461 g/mol. The Hall–Kier alpha value is -1.78. The minimum atomic E-state index is -0.472. The number of halogens is 3. The zero-order valence-corrected chi connectivity index (χ0v) is 16.6. The molecule has 1 aromatic heterocycles. The van der Waals surface area contributed by atoms with Gasteiger partial charge in [0, 0.05) is 33.4 Å². The monoisotopic (exact) mass is 460 g/mol. The Kier molecular flexibility index (Phi) is 6.53. The van der Waals surface area contributed by atoms with E-state index in [1.165, 1.54) is 12.1 Å². The van der Waals surface area contributed by atoms with Gasteiger partial charge in [-0.3, -0.25) is 10.8 Å². The highest BCUT2D eigenvalue weighted by Crippen LogP contribution is 2.37. The summed E-state index contributed by atoms with van der Waals surface area (Å²) in [6.07, 6.45) is 0. The van der Waals surface area contributed by atoms with Crippen LogP contribution in [-0.4, -0.2) is 10.3 Å². The van der Waals surface area contributed by atoms with E-state index in [2.05, 4.69) is 0 Å². The molecule has 2 aromatic carbocycles. The number of hydrogen-bond acceptors (Lipinski definition) is 5. The Bertz CT molecular complexity index is 931. The lowest BCUT2D eigenvalue weighted by atomic mass is 10.1. The molecular weight excluding hydrogens is 446 g/mol. The van der Waals surface area contributed by atoms with Gasteiger partial charge in [-0.2, -0.15) is 0 Å². The molecule has 3 aromatic rings. The van der Waals surface area contributed by atoms with Gasteiger partial charge >= 0.3 is 0 Å². The highest BCUT2D eigenvalue weighted by Gasteiger charge is 2.19. The maximum Gasteiger partial charge on any atom is 0.151 e. The smallest absolute Gasteiger partial charge is 0.151 e. The topological polar surface area (TPSA) is 113 Å². The molecule has 138 valence electrons. The first-order chi connectivity index (χ1) is 11.9. The Morgan fingerprint density at radius 2 is 1.23 bits per heavy atom. The van der Waals surface area contributed by atoms with Gasteiger partial charge in [-0.05, 0) is 24.3 Å². The van der Waals surface area contributed by atoms with Crippen molar-refractivity contribution in [3.63, 3.8) is 0 Å². The molecule has 0 aliphatic rings. The van der Waals surface area contributed by atoms with Crippen LogP contribution in [0, 0.1) is 22.5 Å². The van der Waals surface area contributed by atoms with Gasteiger partial charge in [0.05, 0.1) is 0 Å². The van der Waals surface area contributed by atoms with Crippen molar-refractivity contribution in [2.45, 2.75) is 11.5 Å². The van der Waals surface area contributed by atoms with Crippen molar-refractivity contribution in [3.8, 4) is 0 Å². The lowest BCUT2D eigenvalue weighted by molar-refractivity contribution is 0.596. The molecule has 0 saturated carbocycles. The van der Waals surface area contributed by atoms with Crippen LogP contribution in [-0.2, 0) is 11.5 Å². The summed E-state index contributed by atoms with van der Waals surface area (Å²) in [7, 11) is 0. The summed E-state index contributed by atoms with van der Waals surface area (Å²) in [5.74, 6) is -0.669. The molecule has 0 saturated heterocycles. The molecule has 10 heteroatoms. The van der Waals surface area contributed by atoms with Crippen molar-refractivity contribution in [1.29, 1.82) is 10.8 Å². The number of benzene rings is 2. The molecule has 0 amide bonds. The quantitative estimate of drug-likeness (QED) is 0.333. The van der Waals surface area contributed by atoms with Gasteiger partial charge in [0.2, 0.25) is 0 Å². The molecule has 26 heavy (non-hydrogen) atoms. The summed E-state index contributed by atoms with van der Waals surface area (Å²) in [6.45, 7) is 0. The number of hydrogen-bond donors (Lipinski definition) is 4. The van der Waals surface area contributed by atoms with Crippen LogP contribution in [0.1, 0.15) is 11.1 Å². The molecule has 0 aliphatic heterocycles. The van der Waals surface area contributed by atoms with Gasteiger partial charge in [-0.25, -0.2) is 8.78 Å². The van der Waals surface area contributed by atoms with E-state index in [1.807, 2.05) is 0 Å². The van der Waals surface area contributed by atoms with Gasteiger partial charge in [-0.1, -0.05) is 23.5 Å². The van der Waals surface area contributed by atoms with Crippen LogP contribution in [0.2, 0.25) is 0 Å². The summed E-state index contributed by atoms with van der Waals surface area (Å²) in [5, 5.41) is 15.6. The highest BCUT2D eigenvalue weighted by molar-refractivity contribution is 8.93. The number of furan rings is 1. The van der Waals surface area contributed by atoms with E-state index >= 15 is 0 Å². The predicted octanol–water partition coefficient (Wildman–Crippen LogP) is 4.70. The number of thioether (sulfide) groups is 2. The van der Waals surface area contributed by atoms with Gasteiger partial charge in [-0.15, -0.1) is 17.0 Å². The van der Waals surface area contributed by atoms with E-state index in [0.717, 1.165) is 23.5 Å². The molecule has 6 N–H and O–H groups in total. The molecule has 0 aliphatic carbocycles. The van der Waals surface area contributed by atoms with Gasteiger partial charge in [0.1, 0.15) is 22.8 Å². The second kappa shape index (κ2) is 8.28. The van der Waals surface area contributed by atoms with Crippen LogP contribution < -0.4 is 11.5 Å². The normalized spacial score (nSPS) is 10.8. The van der Waals surface area contributed by atoms with Crippen LogP contribution in [0.3, 0.4) is 0 Å². The third-order valence-corrected chi connectivity index (χ3v) is 5.13. The van der Waals surface area contributed by atoms with E-state index in [1.54, 1.807) is 12.1 Å². The van der Waals surface area contributed by atoms with Crippen LogP contribution in [0.15, 0.2) is 28.7 Å². The summed E-state index contributed by atoms with van der Waals surface area (Å²) in [6, 6.07) is 5.80. The first-order valence-corrected chi connectivity index (χ1v) is 9.10. The molecule has 0 fully saturated rings. The highest BCUT2D eigenvalue weighted by atomic mass is 79.9. The van der Waals surface area contributed by atoms with E-state index in [4.69, 9.17) is 26.7 Å². The summed E-state index contributed by atoms with van der Waals surface area (Å²) in [5.41, 5.74) is 11.8. The number of amidine groups is 2. The fourth-order valence-corrected chi connectivity index (χ4v) is 3.67. The molecule has 0 radical (unpaired) electrons. The van der Waals surface area contributed by atoms with Gasteiger partial charge in [0.25, 0.3) is 0 Å². The Morgan fingerprint density at radius 1 is 0.846 bits per heavy atom. The molecule has 0 unspecified atom stereocenters. The van der Waals surface area contributed by atoms with Crippen LogP contribution in [0.5, 0.6) is 0 Å². The average Bonchev–Trinajstić information content (AvgIpc) is 2.91. The zero-order valence-electron chi connectivity index (χ0n) is 13.3. The first-order valence-electron chi connectivity index (χ1n) is 7.13. The third kappa shape index (κ3) is 3.97. The molecule has 3 rings (SSSR count). The minimum Gasteiger partial charge on any atom is -0.455 e. The second-order valence-electron chi connectivity index (χ2n) is 5.21. The second-order valence-corrected chi connectivity index (χ2v) is 7.25. The van der Waals surface area contributed by atoms with Crippen molar-refractivity contribution >= 4 is 72.8 Å². The van der Waals surface area contributed by atoms with E-state index in [-0.39, 0.29) is 49.9 Å². The van der Waals surface area contributed by atoms with E-state index in [9.17, 15) is 8.78 Å². The van der Waals surface area contributed by atoms with Gasteiger partial charge in [0.15, 0.2) is 10.3 Å². The summed E-state index contributed by atoms with van der Waals surface area (Å²) >= 11 is 1.97. The molecule has 5 nitrogen and oxygen atoms in total. The molecule has 1 heterocycles. The van der Waals surface area contributed by atoms with Crippen LogP contribution >= 0.6 is 40.5 Å². The van der Waals surface area contributed by atoms with Crippen molar-refractivity contribution in [2.75, 3.05) is 0 Å². The number of nitrogens with two attached hydrogens (primary N) is 2. The standard InChI is InChI=1S/C16H14F2N4OS2.BrH/c17-11-3-1-7-8-2-4-12(18)10(6-25-16(21)22)14(8)23-13(7)9(11)5-24-15(19)20;/h1-4H,5-6H2,(H3,19,20)(H3,21,22);1H. The Morgan fingerprint density at radius 3 is 1.58 bits per heavy atom. The van der Waals surface area contributed by atoms with Gasteiger partial charge < -0.3 is 15.9 Å². The zero-order chi connectivity index (χ0) is 18.1. The van der Waals surface area contributed by atoms with E-state index in [0.29, 0.717) is 21.9 Å².